The molecule has 1 aromatic carbocycles. The molecule has 0 spiro atoms. The lowest BCUT2D eigenvalue weighted by Gasteiger charge is -2.25. The zero-order valence-corrected chi connectivity index (χ0v) is 12.8. The molecule has 110 valence electrons. The molecular formula is C17H27N3. The molecule has 1 unspecified atom stereocenters. The van der Waals surface area contributed by atoms with Crippen molar-refractivity contribution in [3.63, 3.8) is 0 Å². The highest BCUT2D eigenvalue weighted by atomic mass is 15.1. The van der Waals surface area contributed by atoms with Gasteiger partial charge in [-0.05, 0) is 44.7 Å². The van der Waals surface area contributed by atoms with Crippen LogP contribution in [-0.2, 0) is 0 Å². The van der Waals surface area contributed by atoms with E-state index in [2.05, 4.69) is 42.2 Å². The van der Waals surface area contributed by atoms with E-state index in [0.29, 0.717) is 0 Å². The smallest absolute Gasteiger partial charge is 0.101 e. The third kappa shape index (κ3) is 6.08. The van der Waals surface area contributed by atoms with E-state index in [1.165, 1.54) is 18.5 Å². The first-order valence-electron chi connectivity index (χ1n) is 7.59. The molecule has 3 heteroatoms. The van der Waals surface area contributed by atoms with Gasteiger partial charge in [-0.15, -0.1) is 0 Å². The molecule has 1 atom stereocenters. The molecule has 0 fully saturated rings. The van der Waals surface area contributed by atoms with E-state index in [-0.39, 0.29) is 0 Å². The summed E-state index contributed by atoms with van der Waals surface area (Å²) in [5.41, 5.74) is 6.46. The molecule has 3 nitrogen and oxygen atoms in total. The molecule has 0 aromatic heterocycles. The molecule has 0 saturated heterocycles. The zero-order chi connectivity index (χ0) is 14.8. The molecule has 0 aliphatic heterocycles. The van der Waals surface area contributed by atoms with Crippen LogP contribution in [0.1, 0.15) is 46.0 Å². The van der Waals surface area contributed by atoms with Gasteiger partial charge in [0.25, 0.3) is 0 Å². The van der Waals surface area contributed by atoms with Gasteiger partial charge in [0, 0.05) is 18.8 Å². The molecule has 0 amide bonds. The Kier molecular flexibility index (Phi) is 7.11. The molecular weight excluding hydrogens is 246 g/mol. The van der Waals surface area contributed by atoms with Gasteiger partial charge in [-0.3, -0.25) is 0 Å². The highest BCUT2D eigenvalue weighted by Gasteiger charge is 2.16. The topological polar surface area (TPSA) is 53.0 Å². The Morgan fingerprint density at radius 2 is 1.80 bits per heavy atom. The standard InChI is InChI=1S/C17H27N3/c1-3-4-13-20(16-10-6-5-7-11-16)14-9-8-12-17(2,19)15-18/h5-7,10-11H,3-4,8-9,12-14,19H2,1-2H3. The van der Waals surface area contributed by atoms with Gasteiger partial charge >= 0.3 is 0 Å². The SMILES string of the molecule is CCCCN(CCCCC(C)(N)C#N)c1ccccc1. The summed E-state index contributed by atoms with van der Waals surface area (Å²) in [5.74, 6) is 0. The summed E-state index contributed by atoms with van der Waals surface area (Å²) in [4.78, 5) is 2.43. The maximum absolute atomic E-state index is 8.91. The molecule has 20 heavy (non-hydrogen) atoms. The van der Waals surface area contributed by atoms with E-state index in [0.717, 1.165) is 32.4 Å². The van der Waals surface area contributed by atoms with Gasteiger partial charge in [-0.25, -0.2) is 0 Å². The number of hydrogen-bond acceptors (Lipinski definition) is 3. The number of rotatable bonds is 9. The van der Waals surface area contributed by atoms with E-state index in [1.807, 2.05) is 6.07 Å². The Labute approximate surface area is 123 Å². The van der Waals surface area contributed by atoms with Crippen molar-refractivity contribution in [2.45, 2.75) is 51.5 Å². The molecule has 0 saturated carbocycles. The summed E-state index contributed by atoms with van der Waals surface area (Å²) in [5, 5.41) is 8.91. The molecule has 0 radical (unpaired) electrons. The van der Waals surface area contributed by atoms with Crippen molar-refractivity contribution in [1.82, 2.24) is 0 Å². The van der Waals surface area contributed by atoms with Crippen LogP contribution in [0.5, 0.6) is 0 Å². The average Bonchev–Trinajstić information content (AvgIpc) is 2.47. The molecule has 0 heterocycles. The van der Waals surface area contributed by atoms with Gasteiger partial charge < -0.3 is 10.6 Å². The summed E-state index contributed by atoms with van der Waals surface area (Å²) in [6.45, 7) is 6.15. The second-order valence-electron chi connectivity index (χ2n) is 5.66. The van der Waals surface area contributed by atoms with Gasteiger partial charge in [0.1, 0.15) is 5.54 Å². The first-order chi connectivity index (χ1) is 9.59. The Hall–Kier alpha value is -1.53. The largest absolute Gasteiger partial charge is 0.372 e. The zero-order valence-electron chi connectivity index (χ0n) is 12.8. The molecule has 0 aliphatic rings. The first-order valence-corrected chi connectivity index (χ1v) is 7.59. The van der Waals surface area contributed by atoms with Gasteiger partial charge in [0.15, 0.2) is 0 Å². The second-order valence-corrected chi connectivity index (χ2v) is 5.66. The number of hydrogen-bond donors (Lipinski definition) is 1. The number of para-hydroxylation sites is 1. The average molecular weight is 273 g/mol. The number of nitrogens with two attached hydrogens (primary N) is 1. The Morgan fingerprint density at radius 3 is 2.40 bits per heavy atom. The summed E-state index contributed by atoms with van der Waals surface area (Å²) >= 11 is 0. The van der Waals surface area contributed by atoms with Gasteiger partial charge in [-0.1, -0.05) is 31.5 Å². The lowest BCUT2D eigenvalue weighted by atomic mass is 9.98. The van der Waals surface area contributed by atoms with Crippen molar-refractivity contribution < 1.29 is 0 Å². The highest BCUT2D eigenvalue weighted by molar-refractivity contribution is 5.45. The van der Waals surface area contributed by atoms with Crippen LogP contribution in [0.25, 0.3) is 0 Å². The number of unbranched alkanes of at least 4 members (excludes halogenated alkanes) is 2. The molecule has 2 N–H and O–H groups in total. The van der Waals surface area contributed by atoms with Crippen LogP contribution in [0.3, 0.4) is 0 Å². The predicted octanol–water partition coefficient (Wildman–Crippen LogP) is 3.70. The maximum Gasteiger partial charge on any atom is 0.101 e. The van der Waals surface area contributed by atoms with Crippen molar-refractivity contribution in [3.8, 4) is 6.07 Å². The minimum absolute atomic E-state index is 0.680. The number of nitriles is 1. The first kappa shape index (κ1) is 16.5. The van der Waals surface area contributed by atoms with Crippen LogP contribution in [-0.4, -0.2) is 18.6 Å². The van der Waals surface area contributed by atoms with E-state index >= 15 is 0 Å². The van der Waals surface area contributed by atoms with Crippen LogP contribution in [0.2, 0.25) is 0 Å². The van der Waals surface area contributed by atoms with Crippen molar-refractivity contribution in [3.05, 3.63) is 30.3 Å². The molecule has 0 bridgehead atoms. The number of benzene rings is 1. The van der Waals surface area contributed by atoms with Crippen molar-refractivity contribution in [2.24, 2.45) is 5.73 Å². The summed E-state index contributed by atoms with van der Waals surface area (Å²) in [6.07, 6.45) is 5.25. The highest BCUT2D eigenvalue weighted by Crippen LogP contribution is 2.16. The summed E-state index contributed by atoms with van der Waals surface area (Å²) < 4.78 is 0. The van der Waals surface area contributed by atoms with Crippen LogP contribution in [0.4, 0.5) is 5.69 Å². The van der Waals surface area contributed by atoms with Crippen LogP contribution < -0.4 is 10.6 Å². The minimum atomic E-state index is -0.680. The van der Waals surface area contributed by atoms with Gasteiger partial charge in [0.2, 0.25) is 0 Å². The monoisotopic (exact) mass is 273 g/mol. The summed E-state index contributed by atoms with van der Waals surface area (Å²) in [6, 6.07) is 12.7. The van der Waals surface area contributed by atoms with Crippen molar-refractivity contribution >= 4 is 5.69 Å². The van der Waals surface area contributed by atoms with Crippen LogP contribution in [0, 0.1) is 11.3 Å². The van der Waals surface area contributed by atoms with E-state index in [1.54, 1.807) is 6.92 Å². The number of nitrogens with zero attached hydrogens (tertiary/aromatic N) is 2. The Morgan fingerprint density at radius 1 is 1.15 bits per heavy atom. The fourth-order valence-corrected chi connectivity index (χ4v) is 2.21. The third-order valence-corrected chi connectivity index (χ3v) is 3.53. The lowest BCUT2D eigenvalue weighted by molar-refractivity contribution is 0.505. The number of anilines is 1. The van der Waals surface area contributed by atoms with Gasteiger partial charge in [0.05, 0.1) is 6.07 Å². The molecule has 0 aliphatic carbocycles. The Bertz CT molecular complexity index is 406. The van der Waals surface area contributed by atoms with E-state index in [4.69, 9.17) is 11.0 Å². The van der Waals surface area contributed by atoms with Crippen molar-refractivity contribution in [1.29, 1.82) is 5.26 Å². The van der Waals surface area contributed by atoms with Crippen LogP contribution in [0.15, 0.2) is 30.3 Å². The maximum atomic E-state index is 8.91. The van der Waals surface area contributed by atoms with Gasteiger partial charge in [-0.2, -0.15) is 5.26 Å². The third-order valence-electron chi connectivity index (χ3n) is 3.53. The van der Waals surface area contributed by atoms with Crippen LogP contribution >= 0.6 is 0 Å². The predicted molar refractivity (Wildman–Crippen MR) is 85.6 cm³/mol. The van der Waals surface area contributed by atoms with E-state index in [9.17, 15) is 0 Å². The fraction of sp³-hybridized carbons (Fsp3) is 0.588. The molecule has 1 aromatic rings. The van der Waals surface area contributed by atoms with Crippen molar-refractivity contribution in [2.75, 3.05) is 18.0 Å². The minimum Gasteiger partial charge on any atom is -0.372 e. The molecule has 1 rings (SSSR count). The summed E-state index contributed by atoms with van der Waals surface area (Å²) in [7, 11) is 0. The lowest BCUT2D eigenvalue weighted by Crippen LogP contribution is -2.34. The normalized spacial score (nSPS) is 13.5. The quantitative estimate of drug-likeness (QED) is 0.698. The fourth-order valence-electron chi connectivity index (χ4n) is 2.21. The van der Waals surface area contributed by atoms with E-state index < -0.39 is 5.54 Å². The second kappa shape index (κ2) is 8.60. The Balaban J connectivity index is 2.44.